The Morgan fingerprint density at radius 2 is 2.36 bits per heavy atom. The van der Waals surface area contributed by atoms with Gasteiger partial charge in [-0.05, 0) is 6.92 Å². The van der Waals surface area contributed by atoms with E-state index in [4.69, 9.17) is 4.74 Å². The summed E-state index contributed by atoms with van der Waals surface area (Å²) in [6, 6.07) is 6.27. The van der Waals surface area contributed by atoms with E-state index in [2.05, 4.69) is 29.6 Å². The van der Waals surface area contributed by atoms with E-state index in [1.54, 1.807) is 0 Å². The molecular weight excluding hydrogens is 174 g/mol. The zero-order chi connectivity index (χ0) is 9.80. The fourth-order valence-corrected chi connectivity index (χ4v) is 1.68. The number of fused-ring (bicyclic) bond motifs is 1. The van der Waals surface area contributed by atoms with Crippen molar-refractivity contribution in [1.29, 1.82) is 0 Å². The van der Waals surface area contributed by atoms with E-state index in [9.17, 15) is 0 Å². The van der Waals surface area contributed by atoms with Crippen molar-refractivity contribution in [3.63, 3.8) is 0 Å². The van der Waals surface area contributed by atoms with Gasteiger partial charge in [-0.3, -0.25) is 0 Å². The molecule has 0 bridgehead atoms. The Hall–Kier alpha value is -1.28. The maximum absolute atomic E-state index is 5.72. The maximum atomic E-state index is 5.72. The summed E-state index contributed by atoms with van der Waals surface area (Å²) < 4.78 is 5.72. The normalized spacial score (nSPS) is 16.1. The van der Waals surface area contributed by atoms with Gasteiger partial charge in [0.25, 0.3) is 0 Å². The van der Waals surface area contributed by atoms with Crippen LogP contribution in [0.5, 0.6) is 5.75 Å². The Labute approximate surface area is 84.6 Å². The van der Waals surface area contributed by atoms with Crippen LogP contribution in [0.1, 0.15) is 18.1 Å². The number of allylic oxidation sites excluding steroid dienone is 1. The molecule has 0 amide bonds. The van der Waals surface area contributed by atoms with Crippen molar-refractivity contribution in [3.05, 3.63) is 35.4 Å². The first-order valence-electron chi connectivity index (χ1n) is 5.00. The van der Waals surface area contributed by atoms with Crippen LogP contribution < -0.4 is 10.1 Å². The summed E-state index contributed by atoms with van der Waals surface area (Å²) in [6.45, 7) is 4.60. The van der Waals surface area contributed by atoms with Crippen LogP contribution in [0.4, 0.5) is 0 Å². The van der Waals surface area contributed by atoms with Gasteiger partial charge in [-0.2, -0.15) is 0 Å². The molecule has 14 heavy (non-hydrogen) atoms. The molecule has 1 aliphatic heterocycles. The fourth-order valence-electron chi connectivity index (χ4n) is 1.68. The van der Waals surface area contributed by atoms with Gasteiger partial charge in [0.05, 0.1) is 0 Å². The first-order chi connectivity index (χ1) is 6.92. The molecule has 2 rings (SSSR count). The third-order valence-corrected chi connectivity index (χ3v) is 2.31. The van der Waals surface area contributed by atoms with Crippen LogP contribution in [-0.4, -0.2) is 13.2 Å². The molecule has 2 nitrogen and oxygen atoms in total. The molecule has 74 valence electrons. The van der Waals surface area contributed by atoms with Crippen LogP contribution >= 0.6 is 0 Å². The van der Waals surface area contributed by atoms with E-state index >= 15 is 0 Å². The van der Waals surface area contributed by atoms with Crippen LogP contribution in [0.15, 0.2) is 24.3 Å². The van der Waals surface area contributed by atoms with E-state index in [1.165, 1.54) is 11.1 Å². The van der Waals surface area contributed by atoms with Crippen LogP contribution in [-0.2, 0) is 6.54 Å². The van der Waals surface area contributed by atoms with E-state index in [0.717, 1.165) is 25.4 Å². The van der Waals surface area contributed by atoms with Crippen LogP contribution in [0, 0.1) is 0 Å². The highest BCUT2D eigenvalue weighted by atomic mass is 16.5. The van der Waals surface area contributed by atoms with Gasteiger partial charge in [-0.25, -0.2) is 0 Å². The number of para-hydroxylation sites is 1. The summed E-state index contributed by atoms with van der Waals surface area (Å²) in [5, 5.41) is 3.32. The van der Waals surface area contributed by atoms with E-state index in [1.807, 2.05) is 13.0 Å². The van der Waals surface area contributed by atoms with Gasteiger partial charge in [0.2, 0.25) is 0 Å². The van der Waals surface area contributed by atoms with Crippen molar-refractivity contribution >= 4 is 6.08 Å². The molecule has 0 saturated heterocycles. The van der Waals surface area contributed by atoms with Crippen LogP contribution in [0.3, 0.4) is 0 Å². The summed E-state index contributed by atoms with van der Waals surface area (Å²) in [4.78, 5) is 0. The molecule has 0 radical (unpaired) electrons. The lowest BCUT2D eigenvalue weighted by atomic mass is 10.1. The van der Waals surface area contributed by atoms with Crippen molar-refractivity contribution in [2.45, 2.75) is 13.5 Å². The summed E-state index contributed by atoms with van der Waals surface area (Å²) in [5.41, 5.74) is 2.42. The third-order valence-electron chi connectivity index (χ3n) is 2.31. The Morgan fingerprint density at radius 1 is 1.43 bits per heavy atom. The molecular formula is C12H15NO. The van der Waals surface area contributed by atoms with Gasteiger partial charge < -0.3 is 10.1 Å². The standard InChI is InChI=1S/C12H15NO/c1-2-4-10-5-3-6-11-9-13-7-8-14-12(10)11/h2-6,13H,7-9H2,1H3/b4-2+. The fraction of sp³-hybridized carbons (Fsp3) is 0.333. The second-order valence-corrected chi connectivity index (χ2v) is 3.36. The van der Waals surface area contributed by atoms with Crippen molar-refractivity contribution in [3.8, 4) is 5.75 Å². The smallest absolute Gasteiger partial charge is 0.131 e. The molecule has 2 heteroatoms. The number of hydrogen-bond acceptors (Lipinski definition) is 2. The van der Waals surface area contributed by atoms with E-state index in [-0.39, 0.29) is 0 Å². The van der Waals surface area contributed by atoms with Gasteiger partial charge in [-0.15, -0.1) is 0 Å². The minimum Gasteiger partial charge on any atom is -0.491 e. The lowest BCUT2D eigenvalue weighted by Gasteiger charge is -2.09. The molecule has 1 aliphatic rings. The average molecular weight is 189 g/mol. The predicted molar refractivity (Wildman–Crippen MR) is 58.4 cm³/mol. The zero-order valence-electron chi connectivity index (χ0n) is 8.42. The quantitative estimate of drug-likeness (QED) is 0.731. The highest BCUT2D eigenvalue weighted by molar-refractivity contribution is 5.59. The molecule has 0 saturated carbocycles. The van der Waals surface area contributed by atoms with Gasteiger partial charge in [0.1, 0.15) is 12.4 Å². The van der Waals surface area contributed by atoms with Crippen LogP contribution in [0.2, 0.25) is 0 Å². The van der Waals surface area contributed by atoms with Crippen molar-refractivity contribution < 1.29 is 4.74 Å². The van der Waals surface area contributed by atoms with E-state index in [0.29, 0.717) is 0 Å². The highest BCUT2D eigenvalue weighted by Crippen LogP contribution is 2.26. The molecule has 1 aromatic carbocycles. The summed E-state index contributed by atoms with van der Waals surface area (Å²) in [6.07, 6.45) is 4.13. The number of hydrogen-bond donors (Lipinski definition) is 1. The molecule has 0 atom stereocenters. The number of benzene rings is 1. The van der Waals surface area contributed by atoms with Crippen LogP contribution in [0.25, 0.3) is 6.08 Å². The molecule has 0 aliphatic carbocycles. The van der Waals surface area contributed by atoms with Gasteiger partial charge in [0, 0.05) is 24.2 Å². The lowest BCUT2D eigenvalue weighted by molar-refractivity contribution is 0.325. The Bertz CT molecular complexity index is 344. The summed E-state index contributed by atoms with van der Waals surface area (Å²) in [5.74, 6) is 1.04. The monoisotopic (exact) mass is 189 g/mol. The third kappa shape index (κ3) is 1.80. The topological polar surface area (TPSA) is 21.3 Å². The molecule has 1 N–H and O–H groups in total. The molecule has 1 aromatic rings. The van der Waals surface area contributed by atoms with Crippen molar-refractivity contribution in [1.82, 2.24) is 5.32 Å². The second-order valence-electron chi connectivity index (χ2n) is 3.36. The number of rotatable bonds is 1. The summed E-state index contributed by atoms with van der Waals surface area (Å²) in [7, 11) is 0. The van der Waals surface area contributed by atoms with Crippen molar-refractivity contribution in [2.24, 2.45) is 0 Å². The van der Waals surface area contributed by atoms with Crippen molar-refractivity contribution in [2.75, 3.05) is 13.2 Å². The minimum atomic E-state index is 0.752. The first-order valence-corrected chi connectivity index (χ1v) is 5.00. The highest BCUT2D eigenvalue weighted by Gasteiger charge is 2.10. The average Bonchev–Trinajstić information content (AvgIpc) is 2.44. The molecule has 0 aromatic heterocycles. The SMILES string of the molecule is C/C=C/c1cccc2c1OCCNC2. The predicted octanol–water partition coefficient (Wildman–Crippen LogP) is 2.20. The largest absolute Gasteiger partial charge is 0.491 e. The van der Waals surface area contributed by atoms with E-state index < -0.39 is 0 Å². The lowest BCUT2D eigenvalue weighted by Crippen LogP contribution is -2.16. The molecule has 0 fully saturated rings. The molecule has 0 spiro atoms. The van der Waals surface area contributed by atoms with Gasteiger partial charge >= 0.3 is 0 Å². The maximum Gasteiger partial charge on any atom is 0.131 e. The molecule has 1 heterocycles. The second kappa shape index (κ2) is 4.29. The minimum absolute atomic E-state index is 0.752. The molecule has 0 unspecified atom stereocenters. The number of nitrogens with one attached hydrogen (secondary N) is 1. The Balaban J connectivity index is 2.42. The zero-order valence-corrected chi connectivity index (χ0v) is 8.42. The number of ether oxygens (including phenoxy) is 1. The summed E-state index contributed by atoms with van der Waals surface area (Å²) >= 11 is 0. The Morgan fingerprint density at radius 3 is 3.21 bits per heavy atom. The van der Waals surface area contributed by atoms with Gasteiger partial charge in [-0.1, -0.05) is 30.4 Å². The Kier molecular flexibility index (Phi) is 2.84. The van der Waals surface area contributed by atoms with Gasteiger partial charge in [0.15, 0.2) is 0 Å². The first kappa shape index (κ1) is 9.28.